The number of nitrogens with one attached hydrogen (secondary N) is 1. The van der Waals surface area contributed by atoms with Crippen molar-refractivity contribution in [3.8, 4) is 11.5 Å². The van der Waals surface area contributed by atoms with Crippen LogP contribution in [0.15, 0.2) is 48.5 Å². The van der Waals surface area contributed by atoms with Crippen LogP contribution in [0.1, 0.15) is 20.3 Å². The minimum atomic E-state index is -0.887. The van der Waals surface area contributed by atoms with Crippen molar-refractivity contribution in [3.63, 3.8) is 0 Å². The zero-order valence-electron chi connectivity index (χ0n) is 17.4. The smallest absolute Gasteiger partial charge is 0.332 e. The van der Waals surface area contributed by atoms with Crippen LogP contribution >= 0.6 is 0 Å². The van der Waals surface area contributed by atoms with Crippen LogP contribution in [-0.2, 0) is 9.59 Å². The van der Waals surface area contributed by atoms with Crippen molar-refractivity contribution >= 4 is 29.2 Å². The highest BCUT2D eigenvalue weighted by molar-refractivity contribution is 6.22. The van der Waals surface area contributed by atoms with Crippen LogP contribution < -0.4 is 19.7 Å². The van der Waals surface area contributed by atoms with Gasteiger partial charge in [-0.15, -0.1) is 0 Å². The fraction of sp³-hybridized carbons (Fsp3) is 0.318. The van der Waals surface area contributed by atoms with Gasteiger partial charge in [0.1, 0.15) is 17.5 Å². The predicted molar refractivity (Wildman–Crippen MR) is 113 cm³/mol. The Hall–Kier alpha value is -3.55. The number of carbonyl (C=O) groups is 3. The van der Waals surface area contributed by atoms with Crippen molar-refractivity contribution in [1.29, 1.82) is 0 Å². The van der Waals surface area contributed by atoms with Crippen LogP contribution in [0.4, 0.5) is 16.2 Å². The zero-order valence-corrected chi connectivity index (χ0v) is 17.4. The molecular formula is C22H25N3O5. The molecule has 0 bridgehead atoms. The first kappa shape index (κ1) is 21.2. The van der Waals surface area contributed by atoms with Crippen molar-refractivity contribution in [2.75, 3.05) is 24.4 Å². The van der Waals surface area contributed by atoms with Gasteiger partial charge in [-0.3, -0.25) is 9.59 Å². The molecule has 0 spiro atoms. The Morgan fingerprint density at radius 2 is 1.70 bits per heavy atom. The van der Waals surface area contributed by atoms with Crippen molar-refractivity contribution in [1.82, 2.24) is 4.90 Å². The molecule has 0 unspecified atom stereocenters. The summed E-state index contributed by atoms with van der Waals surface area (Å²) < 4.78 is 10.3. The van der Waals surface area contributed by atoms with Crippen LogP contribution in [-0.4, -0.2) is 49.0 Å². The molecule has 2 aromatic rings. The van der Waals surface area contributed by atoms with Crippen LogP contribution in [0.5, 0.6) is 11.5 Å². The third-order valence-corrected chi connectivity index (χ3v) is 4.87. The first-order valence-electron chi connectivity index (χ1n) is 9.60. The molecule has 3 rings (SSSR count). The minimum Gasteiger partial charge on any atom is -0.497 e. The fourth-order valence-electron chi connectivity index (χ4n) is 3.43. The minimum absolute atomic E-state index is 0.144. The molecular weight excluding hydrogens is 386 g/mol. The lowest BCUT2D eigenvalue weighted by atomic mass is 10.1. The van der Waals surface area contributed by atoms with E-state index < -0.39 is 18.0 Å². The third-order valence-electron chi connectivity index (χ3n) is 4.87. The summed E-state index contributed by atoms with van der Waals surface area (Å²) in [5.41, 5.74) is 0.992. The summed E-state index contributed by atoms with van der Waals surface area (Å²) in [5.74, 6) is 0.408. The lowest BCUT2D eigenvalue weighted by Gasteiger charge is -2.25. The Morgan fingerprint density at radius 1 is 1.03 bits per heavy atom. The molecule has 1 saturated heterocycles. The van der Waals surface area contributed by atoms with E-state index in [-0.39, 0.29) is 18.4 Å². The number of nitrogens with zero attached hydrogens (tertiary/aromatic N) is 2. The van der Waals surface area contributed by atoms with Gasteiger partial charge in [0.05, 0.1) is 26.3 Å². The summed E-state index contributed by atoms with van der Waals surface area (Å²) in [7, 11) is 3.07. The lowest BCUT2D eigenvalue weighted by molar-refractivity contribution is -0.124. The molecule has 158 valence electrons. The van der Waals surface area contributed by atoms with E-state index in [1.165, 1.54) is 12.0 Å². The van der Waals surface area contributed by atoms with E-state index in [1.54, 1.807) is 55.6 Å². The normalized spacial score (nSPS) is 16.2. The van der Waals surface area contributed by atoms with Gasteiger partial charge < -0.3 is 19.7 Å². The van der Waals surface area contributed by atoms with Crippen LogP contribution in [0.2, 0.25) is 0 Å². The molecule has 0 aliphatic carbocycles. The monoisotopic (exact) mass is 411 g/mol. The summed E-state index contributed by atoms with van der Waals surface area (Å²) in [6, 6.07) is 12.0. The average Bonchev–Trinajstić information content (AvgIpc) is 2.98. The van der Waals surface area contributed by atoms with Gasteiger partial charge in [-0.2, -0.15) is 0 Å². The van der Waals surface area contributed by atoms with Crippen molar-refractivity contribution < 1.29 is 23.9 Å². The van der Waals surface area contributed by atoms with E-state index in [0.29, 0.717) is 22.9 Å². The molecule has 1 aliphatic rings. The predicted octanol–water partition coefficient (Wildman–Crippen LogP) is 3.28. The maximum Gasteiger partial charge on any atom is 0.332 e. The van der Waals surface area contributed by atoms with Crippen LogP contribution in [0.25, 0.3) is 0 Å². The summed E-state index contributed by atoms with van der Waals surface area (Å²) in [4.78, 5) is 41.3. The maximum atomic E-state index is 13.1. The largest absolute Gasteiger partial charge is 0.497 e. The SMILES string of the molecule is COc1ccc(NC(=O)C[C@H]2C(=O)N(c3cccc(OC)c3)C(=O)N2C(C)C)cc1. The van der Waals surface area contributed by atoms with Gasteiger partial charge in [0.25, 0.3) is 5.91 Å². The van der Waals surface area contributed by atoms with Gasteiger partial charge in [0.2, 0.25) is 5.91 Å². The standard InChI is InChI=1S/C22H25N3O5/c1-14(2)24-19(13-20(26)23-15-8-10-17(29-3)11-9-15)21(27)25(22(24)28)16-6-5-7-18(12-16)30-4/h5-12,14,19H,13H2,1-4H3,(H,23,26)/t19-/m0/s1. The number of benzene rings is 2. The molecule has 2 aromatic carbocycles. The summed E-state index contributed by atoms with van der Waals surface area (Å²) in [6.07, 6.45) is -0.144. The molecule has 1 fully saturated rings. The summed E-state index contributed by atoms with van der Waals surface area (Å²) in [5, 5.41) is 2.76. The molecule has 0 radical (unpaired) electrons. The van der Waals surface area contributed by atoms with Gasteiger partial charge >= 0.3 is 6.03 Å². The van der Waals surface area contributed by atoms with E-state index in [4.69, 9.17) is 9.47 Å². The lowest BCUT2D eigenvalue weighted by Crippen LogP contribution is -2.42. The van der Waals surface area contributed by atoms with Gasteiger partial charge in [0, 0.05) is 17.8 Å². The quantitative estimate of drug-likeness (QED) is 0.707. The van der Waals surface area contributed by atoms with Crippen molar-refractivity contribution in [2.45, 2.75) is 32.4 Å². The van der Waals surface area contributed by atoms with Gasteiger partial charge in [-0.05, 0) is 50.2 Å². The summed E-state index contributed by atoms with van der Waals surface area (Å²) in [6.45, 7) is 3.63. The Labute approximate surface area is 175 Å². The van der Waals surface area contributed by atoms with Gasteiger partial charge in [0.15, 0.2) is 0 Å². The van der Waals surface area contributed by atoms with E-state index in [9.17, 15) is 14.4 Å². The highest BCUT2D eigenvalue weighted by Gasteiger charge is 2.47. The van der Waals surface area contributed by atoms with E-state index in [0.717, 1.165) is 4.90 Å². The Morgan fingerprint density at radius 3 is 2.30 bits per heavy atom. The Bertz CT molecular complexity index is 942. The van der Waals surface area contributed by atoms with Crippen LogP contribution in [0, 0.1) is 0 Å². The molecule has 30 heavy (non-hydrogen) atoms. The van der Waals surface area contributed by atoms with Gasteiger partial charge in [-0.25, -0.2) is 9.69 Å². The number of hydrogen-bond donors (Lipinski definition) is 1. The number of methoxy groups -OCH3 is 2. The Balaban J connectivity index is 1.80. The molecule has 8 heteroatoms. The number of urea groups is 1. The molecule has 1 N–H and O–H groups in total. The van der Waals surface area contributed by atoms with E-state index in [2.05, 4.69) is 5.32 Å². The highest BCUT2D eigenvalue weighted by atomic mass is 16.5. The molecule has 8 nitrogen and oxygen atoms in total. The average molecular weight is 411 g/mol. The van der Waals surface area contributed by atoms with E-state index in [1.807, 2.05) is 13.8 Å². The van der Waals surface area contributed by atoms with Crippen molar-refractivity contribution in [3.05, 3.63) is 48.5 Å². The van der Waals surface area contributed by atoms with Crippen LogP contribution in [0.3, 0.4) is 0 Å². The van der Waals surface area contributed by atoms with Gasteiger partial charge in [-0.1, -0.05) is 6.07 Å². The number of carbonyl (C=O) groups excluding carboxylic acids is 3. The van der Waals surface area contributed by atoms with E-state index >= 15 is 0 Å². The highest BCUT2D eigenvalue weighted by Crippen LogP contribution is 2.30. The maximum absolute atomic E-state index is 13.1. The number of amides is 4. The first-order valence-corrected chi connectivity index (χ1v) is 9.60. The molecule has 1 heterocycles. The molecule has 0 saturated carbocycles. The molecule has 0 aromatic heterocycles. The second-order valence-corrected chi connectivity index (χ2v) is 7.16. The molecule has 4 amide bonds. The number of anilines is 2. The number of rotatable bonds is 7. The third kappa shape index (κ3) is 4.22. The first-order chi connectivity index (χ1) is 14.3. The second-order valence-electron chi connectivity index (χ2n) is 7.16. The number of hydrogen-bond acceptors (Lipinski definition) is 5. The number of ether oxygens (including phenoxy) is 2. The summed E-state index contributed by atoms with van der Waals surface area (Å²) >= 11 is 0. The van der Waals surface area contributed by atoms with Crippen molar-refractivity contribution in [2.24, 2.45) is 0 Å². The second kappa shape index (κ2) is 8.86. The fourth-order valence-corrected chi connectivity index (χ4v) is 3.43. The topological polar surface area (TPSA) is 88.2 Å². The molecule has 1 atom stereocenters. The Kier molecular flexibility index (Phi) is 6.25. The number of imide groups is 1. The zero-order chi connectivity index (χ0) is 21.8. The molecule has 1 aliphatic heterocycles.